The summed E-state index contributed by atoms with van der Waals surface area (Å²) in [4.78, 5) is 38.6. The van der Waals surface area contributed by atoms with Gasteiger partial charge in [-0.05, 0) is 19.1 Å². The number of nitrogens with one attached hydrogen (secondary N) is 1. The maximum Gasteiger partial charge on any atom is 0.262 e. The molecule has 0 radical (unpaired) electrons. The Labute approximate surface area is 155 Å². The molecular weight excluding hydrogens is 350 g/mol. The number of nitrogens with zero attached hydrogens (tertiary/aromatic N) is 1. The molecule has 8 nitrogen and oxygen atoms in total. The van der Waals surface area contributed by atoms with Crippen LogP contribution in [0.1, 0.15) is 27.6 Å². The summed E-state index contributed by atoms with van der Waals surface area (Å²) in [5.41, 5.74) is 7.07. The van der Waals surface area contributed by atoms with Crippen molar-refractivity contribution in [2.45, 2.75) is 13.0 Å². The third kappa shape index (κ3) is 3.05. The molecule has 1 aliphatic rings. The Morgan fingerprint density at radius 2 is 1.56 bits per heavy atom. The van der Waals surface area contributed by atoms with Crippen molar-refractivity contribution >= 4 is 29.1 Å². The van der Waals surface area contributed by atoms with Crippen molar-refractivity contribution in [2.24, 2.45) is 0 Å². The van der Waals surface area contributed by atoms with E-state index in [4.69, 9.17) is 15.2 Å². The van der Waals surface area contributed by atoms with E-state index in [9.17, 15) is 14.4 Å². The van der Waals surface area contributed by atoms with Gasteiger partial charge >= 0.3 is 0 Å². The number of ether oxygens (including phenoxy) is 2. The van der Waals surface area contributed by atoms with E-state index in [0.29, 0.717) is 17.2 Å². The van der Waals surface area contributed by atoms with E-state index in [0.717, 1.165) is 4.90 Å². The van der Waals surface area contributed by atoms with Gasteiger partial charge in [-0.2, -0.15) is 0 Å². The van der Waals surface area contributed by atoms with Gasteiger partial charge in [-0.3, -0.25) is 19.3 Å². The summed E-state index contributed by atoms with van der Waals surface area (Å²) in [6, 6.07) is 8.47. The number of amides is 3. The number of carbonyl (C=O) groups excluding carboxylic acids is 3. The average molecular weight is 369 g/mol. The number of hydrogen-bond donors (Lipinski definition) is 2. The number of benzene rings is 2. The van der Waals surface area contributed by atoms with E-state index < -0.39 is 23.8 Å². The van der Waals surface area contributed by atoms with Crippen LogP contribution in [-0.2, 0) is 4.79 Å². The monoisotopic (exact) mass is 369 g/mol. The lowest BCUT2D eigenvalue weighted by atomic mass is 10.1. The molecule has 0 saturated carbocycles. The Bertz CT molecular complexity index is 906. The van der Waals surface area contributed by atoms with Crippen molar-refractivity contribution in [2.75, 3.05) is 25.3 Å². The van der Waals surface area contributed by atoms with Crippen LogP contribution in [0.25, 0.3) is 0 Å². The number of imide groups is 1. The second-order valence-electron chi connectivity index (χ2n) is 5.99. The second-order valence-corrected chi connectivity index (χ2v) is 5.99. The fourth-order valence-electron chi connectivity index (χ4n) is 2.92. The molecule has 0 spiro atoms. The van der Waals surface area contributed by atoms with Gasteiger partial charge in [-0.1, -0.05) is 12.1 Å². The summed E-state index contributed by atoms with van der Waals surface area (Å²) in [5, 5.41) is 2.64. The van der Waals surface area contributed by atoms with Crippen molar-refractivity contribution in [3.63, 3.8) is 0 Å². The van der Waals surface area contributed by atoms with E-state index >= 15 is 0 Å². The largest absolute Gasteiger partial charge is 0.493 e. The van der Waals surface area contributed by atoms with Gasteiger partial charge in [0.05, 0.1) is 36.7 Å². The summed E-state index contributed by atoms with van der Waals surface area (Å²) in [6.45, 7) is 1.48. The van der Waals surface area contributed by atoms with Gasteiger partial charge in [0.1, 0.15) is 6.04 Å². The van der Waals surface area contributed by atoms with Gasteiger partial charge in [0.25, 0.3) is 11.8 Å². The minimum absolute atomic E-state index is 0.260. The first-order valence-corrected chi connectivity index (χ1v) is 8.18. The minimum Gasteiger partial charge on any atom is -0.493 e. The van der Waals surface area contributed by atoms with Crippen LogP contribution in [0.5, 0.6) is 11.5 Å². The molecule has 27 heavy (non-hydrogen) atoms. The summed E-state index contributed by atoms with van der Waals surface area (Å²) in [6.07, 6.45) is 0. The van der Waals surface area contributed by atoms with Crippen LogP contribution in [-0.4, -0.2) is 42.9 Å². The lowest BCUT2D eigenvalue weighted by Gasteiger charge is -2.22. The molecule has 140 valence electrons. The van der Waals surface area contributed by atoms with Gasteiger partial charge in [0.15, 0.2) is 11.5 Å². The number of rotatable bonds is 5. The van der Waals surface area contributed by atoms with Gasteiger partial charge < -0.3 is 20.5 Å². The molecule has 3 amide bonds. The molecule has 0 aromatic heterocycles. The van der Waals surface area contributed by atoms with Gasteiger partial charge in [-0.25, -0.2) is 0 Å². The molecule has 0 bridgehead atoms. The smallest absolute Gasteiger partial charge is 0.262 e. The number of hydrogen-bond acceptors (Lipinski definition) is 6. The molecule has 0 aliphatic carbocycles. The van der Waals surface area contributed by atoms with E-state index in [1.807, 2.05) is 0 Å². The summed E-state index contributed by atoms with van der Waals surface area (Å²) < 4.78 is 10.4. The Morgan fingerprint density at radius 1 is 1.04 bits per heavy atom. The lowest BCUT2D eigenvalue weighted by molar-refractivity contribution is -0.119. The zero-order chi connectivity index (χ0) is 19.7. The van der Waals surface area contributed by atoms with Crippen molar-refractivity contribution in [1.29, 1.82) is 0 Å². The first kappa shape index (κ1) is 18.2. The normalized spacial score (nSPS) is 14.0. The predicted molar refractivity (Wildman–Crippen MR) is 99.0 cm³/mol. The SMILES string of the molecule is COc1cc(N)c(NC(=O)C(C)N2C(=O)c3ccccc3C2=O)cc1OC. The maximum atomic E-state index is 12.7. The number of methoxy groups -OCH3 is 2. The van der Waals surface area contributed by atoms with Crippen LogP contribution < -0.4 is 20.5 Å². The molecule has 1 atom stereocenters. The quantitative estimate of drug-likeness (QED) is 0.615. The molecule has 0 saturated heterocycles. The van der Waals surface area contributed by atoms with E-state index in [1.54, 1.807) is 24.3 Å². The van der Waals surface area contributed by atoms with Crippen LogP contribution in [0, 0.1) is 0 Å². The van der Waals surface area contributed by atoms with Crippen LogP contribution in [0.2, 0.25) is 0 Å². The molecule has 1 unspecified atom stereocenters. The number of anilines is 2. The predicted octanol–water partition coefficient (Wildman–Crippen LogP) is 1.91. The molecule has 3 N–H and O–H groups in total. The number of carbonyl (C=O) groups is 3. The summed E-state index contributed by atoms with van der Waals surface area (Å²) >= 11 is 0. The number of nitrogen functional groups attached to an aromatic ring is 1. The van der Waals surface area contributed by atoms with E-state index in [-0.39, 0.29) is 16.8 Å². The van der Waals surface area contributed by atoms with Crippen molar-refractivity contribution in [3.05, 3.63) is 47.5 Å². The van der Waals surface area contributed by atoms with Crippen LogP contribution >= 0.6 is 0 Å². The van der Waals surface area contributed by atoms with Gasteiger partial charge in [0.2, 0.25) is 5.91 Å². The third-order valence-electron chi connectivity index (χ3n) is 4.41. The Hall–Kier alpha value is -3.55. The number of nitrogens with two attached hydrogens (primary N) is 1. The highest BCUT2D eigenvalue weighted by atomic mass is 16.5. The maximum absolute atomic E-state index is 12.7. The third-order valence-corrected chi connectivity index (χ3v) is 4.41. The topological polar surface area (TPSA) is 111 Å². The second kappa shape index (κ2) is 6.99. The fourth-order valence-corrected chi connectivity index (χ4v) is 2.92. The molecule has 2 aromatic rings. The first-order chi connectivity index (χ1) is 12.9. The van der Waals surface area contributed by atoms with Crippen LogP contribution in [0.15, 0.2) is 36.4 Å². The Balaban J connectivity index is 1.84. The molecule has 8 heteroatoms. The van der Waals surface area contributed by atoms with Gasteiger partial charge in [0, 0.05) is 12.1 Å². The molecule has 1 aliphatic heterocycles. The molecule has 1 heterocycles. The molecule has 0 fully saturated rings. The highest BCUT2D eigenvalue weighted by Crippen LogP contribution is 2.35. The zero-order valence-corrected chi connectivity index (χ0v) is 15.1. The van der Waals surface area contributed by atoms with Crippen molar-refractivity contribution < 1.29 is 23.9 Å². The van der Waals surface area contributed by atoms with E-state index in [1.165, 1.54) is 33.3 Å². The summed E-state index contributed by atoms with van der Waals surface area (Å²) in [5.74, 6) is -0.753. The molecule has 2 aromatic carbocycles. The first-order valence-electron chi connectivity index (χ1n) is 8.18. The highest BCUT2D eigenvalue weighted by Gasteiger charge is 2.40. The fraction of sp³-hybridized carbons (Fsp3) is 0.211. The Kier molecular flexibility index (Phi) is 4.72. The zero-order valence-electron chi connectivity index (χ0n) is 15.1. The average Bonchev–Trinajstić information content (AvgIpc) is 2.93. The molecule has 3 rings (SSSR count). The number of fused-ring (bicyclic) bond motifs is 1. The molecular formula is C19H19N3O5. The Morgan fingerprint density at radius 3 is 2.07 bits per heavy atom. The van der Waals surface area contributed by atoms with Crippen LogP contribution in [0.3, 0.4) is 0 Å². The summed E-state index contributed by atoms with van der Waals surface area (Å²) in [7, 11) is 2.93. The standard InChI is InChI=1S/C19H19N3O5/c1-10(22-18(24)11-6-4-5-7-12(11)19(22)25)17(23)21-14-9-16(27-3)15(26-2)8-13(14)20/h4-10H,20H2,1-3H3,(H,21,23). The van der Waals surface area contributed by atoms with Crippen molar-refractivity contribution in [3.8, 4) is 11.5 Å². The lowest BCUT2D eigenvalue weighted by Crippen LogP contribution is -2.45. The van der Waals surface area contributed by atoms with Crippen LogP contribution in [0.4, 0.5) is 11.4 Å². The minimum atomic E-state index is -1.02. The van der Waals surface area contributed by atoms with Gasteiger partial charge in [-0.15, -0.1) is 0 Å². The van der Waals surface area contributed by atoms with E-state index in [2.05, 4.69) is 5.32 Å². The van der Waals surface area contributed by atoms with Crippen molar-refractivity contribution in [1.82, 2.24) is 4.90 Å². The highest BCUT2D eigenvalue weighted by molar-refractivity contribution is 6.23.